The SMILES string of the molecule is O=CC1CCN(C(=O)Cl)CC1. The largest absolute Gasteiger partial charge is 0.329 e. The summed E-state index contributed by atoms with van der Waals surface area (Å²) in [5.74, 6) is 0.127. The Balaban J connectivity index is 2.35. The van der Waals surface area contributed by atoms with Crippen molar-refractivity contribution in [3.8, 4) is 0 Å². The Morgan fingerprint density at radius 3 is 2.36 bits per heavy atom. The second kappa shape index (κ2) is 3.72. The van der Waals surface area contributed by atoms with Gasteiger partial charge in [-0.15, -0.1) is 0 Å². The van der Waals surface area contributed by atoms with Crippen molar-refractivity contribution in [2.75, 3.05) is 13.1 Å². The van der Waals surface area contributed by atoms with Crippen LogP contribution >= 0.6 is 11.6 Å². The topological polar surface area (TPSA) is 37.4 Å². The van der Waals surface area contributed by atoms with Crippen LogP contribution in [0.2, 0.25) is 0 Å². The summed E-state index contributed by atoms with van der Waals surface area (Å²) < 4.78 is 0. The van der Waals surface area contributed by atoms with E-state index in [0.29, 0.717) is 13.1 Å². The molecule has 1 aliphatic heterocycles. The van der Waals surface area contributed by atoms with Gasteiger partial charge in [0.1, 0.15) is 6.29 Å². The molecule has 62 valence electrons. The first-order chi connectivity index (χ1) is 5.24. The van der Waals surface area contributed by atoms with Gasteiger partial charge in [-0.1, -0.05) is 0 Å². The molecule has 0 aromatic carbocycles. The van der Waals surface area contributed by atoms with E-state index in [2.05, 4.69) is 0 Å². The van der Waals surface area contributed by atoms with Crippen molar-refractivity contribution in [3.63, 3.8) is 0 Å². The third-order valence-corrected chi connectivity index (χ3v) is 2.22. The maximum atomic E-state index is 10.6. The van der Waals surface area contributed by atoms with Crippen LogP contribution in [0.25, 0.3) is 0 Å². The molecule has 1 saturated heterocycles. The molecule has 1 rings (SSSR count). The quantitative estimate of drug-likeness (QED) is 0.342. The van der Waals surface area contributed by atoms with Crippen LogP contribution in [0.15, 0.2) is 0 Å². The average molecular weight is 176 g/mol. The van der Waals surface area contributed by atoms with Crippen LogP contribution in [0.3, 0.4) is 0 Å². The van der Waals surface area contributed by atoms with Crippen molar-refractivity contribution in [1.82, 2.24) is 4.90 Å². The summed E-state index contributed by atoms with van der Waals surface area (Å²) in [5, 5.41) is -0.408. The summed E-state index contributed by atoms with van der Waals surface area (Å²) in [4.78, 5) is 22.5. The fourth-order valence-corrected chi connectivity index (χ4v) is 1.38. The number of hydrogen-bond acceptors (Lipinski definition) is 2. The van der Waals surface area contributed by atoms with Gasteiger partial charge in [-0.25, -0.2) is 0 Å². The van der Waals surface area contributed by atoms with Crippen molar-refractivity contribution in [2.24, 2.45) is 5.92 Å². The lowest BCUT2D eigenvalue weighted by Crippen LogP contribution is -2.35. The zero-order valence-corrected chi connectivity index (χ0v) is 6.88. The first kappa shape index (κ1) is 8.53. The molecule has 0 unspecified atom stereocenters. The van der Waals surface area contributed by atoms with Crippen LogP contribution in [-0.2, 0) is 4.79 Å². The lowest BCUT2D eigenvalue weighted by molar-refractivity contribution is -0.112. The van der Waals surface area contributed by atoms with Crippen LogP contribution < -0.4 is 0 Å². The number of likely N-dealkylation sites (tertiary alicyclic amines) is 1. The number of amides is 1. The normalized spacial score (nSPS) is 19.9. The van der Waals surface area contributed by atoms with Crippen molar-refractivity contribution < 1.29 is 9.59 Å². The highest BCUT2D eigenvalue weighted by molar-refractivity contribution is 6.62. The minimum atomic E-state index is -0.408. The van der Waals surface area contributed by atoms with Gasteiger partial charge in [-0.05, 0) is 24.4 Å². The van der Waals surface area contributed by atoms with Crippen molar-refractivity contribution in [3.05, 3.63) is 0 Å². The van der Waals surface area contributed by atoms with Gasteiger partial charge in [0.05, 0.1) is 0 Å². The molecule has 0 bridgehead atoms. The number of aldehydes is 1. The molecule has 11 heavy (non-hydrogen) atoms. The maximum absolute atomic E-state index is 10.6. The molecular weight excluding hydrogens is 166 g/mol. The van der Waals surface area contributed by atoms with Crippen molar-refractivity contribution >= 4 is 23.3 Å². The third kappa shape index (κ3) is 2.19. The summed E-state index contributed by atoms with van der Waals surface area (Å²) in [5.41, 5.74) is 0. The van der Waals surface area contributed by atoms with E-state index in [1.807, 2.05) is 0 Å². The number of halogens is 1. The second-order valence-corrected chi connectivity index (χ2v) is 3.04. The highest BCUT2D eigenvalue weighted by atomic mass is 35.5. The Hall–Kier alpha value is -0.570. The minimum Gasteiger partial charge on any atom is -0.329 e. The van der Waals surface area contributed by atoms with E-state index >= 15 is 0 Å². The molecule has 1 heterocycles. The molecule has 1 fully saturated rings. The highest BCUT2D eigenvalue weighted by Crippen LogP contribution is 2.15. The molecular formula is C7H10ClNO2. The average Bonchev–Trinajstić information content (AvgIpc) is 2.05. The van der Waals surface area contributed by atoms with E-state index in [0.717, 1.165) is 19.1 Å². The van der Waals surface area contributed by atoms with Gasteiger partial charge in [-0.2, -0.15) is 0 Å². The molecule has 0 spiro atoms. The lowest BCUT2D eigenvalue weighted by Gasteiger charge is -2.27. The number of hydrogen-bond donors (Lipinski definition) is 0. The van der Waals surface area contributed by atoms with Crippen LogP contribution in [0.1, 0.15) is 12.8 Å². The molecule has 0 aromatic rings. The molecule has 1 amide bonds. The Morgan fingerprint density at radius 2 is 2.00 bits per heavy atom. The standard InChI is InChI=1S/C7H10ClNO2/c8-7(11)9-3-1-6(5-10)2-4-9/h5-6H,1-4H2. The highest BCUT2D eigenvalue weighted by Gasteiger charge is 2.20. The molecule has 1 aliphatic rings. The fourth-order valence-electron chi connectivity index (χ4n) is 1.21. The van der Waals surface area contributed by atoms with Gasteiger partial charge in [0.15, 0.2) is 0 Å². The van der Waals surface area contributed by atoms with Crippen LogP contribution in [0, 0.1) is 5.92 Å². The predicted molar refractivity (Wildman–Crippen MR) is 41.6 cm³/mol. The van der Waals surface area contributed by atoms with Crippen LogP contribution in [-0.4, -0.2) is 29.6 Å². The summed E-state index contributed by atoms with van der Waals surface area (Å²) in [6.45, 7) is 1.23. The smallest absolute Gasteiger partial charge is 0.316 e. The molecule has 0 aliphatic carbocycles. The summed E-state index contributed by atoms with van der Waals surface area (Å²) in [6.07, 6.45) is 2.46. The first-order valence-electron chi connectivity index (χ1n) is 3.63. The predicted octanol–water partition coefficient (Wildman–Crippen LogP) is 1.26. The Labute approximate surface area is 70.3 Å². The van der Waals surface area contributed by atoms with Crippen LogP contribution in [0.5, 0.6) is 0 Å². The van der Waals surface area contributed by atoms with Gasteiger partial charge in [0.25, 0.3) is 0 Å². The third-order valence-electron chi connectivity index (χ3n) is 1.98. The number of piperidine rings is 1. The fraction of sp³-hybridized carbons (Fsp3) is 0.714. The summed E-state index contributed by atoms with van der Waals surface area (Å²) >= 11 is 5.25. The summed E-state index contributed by atoms with van der Waals surface area (Å²) in [6, 6.07) is 0. The van der Waals surface area contributed by atoms with Gasteiger partial charge < -0.3 is 9.69 Å². The molecule has 0 aromatic heterocycles. The molecule has 0 atom stereocenters. The maximum Gasteiger partial charge on any atom is 0.316 e. The molecule has 0 saturated carbocycles. The number of carbonyl (C=O) groups excluding carboxylic acids is 2. The number of nitrogens with zero attached hydrogens (tertiary/aromatic N) is 1. The zero-order chi connectivity index (χ0) is 8.27. The molecule has 0 radical (unpaired) electrons. The van der Waals surface area contributed by atoms with E-state index in [9.17, 15) is 9.59 Å². The zero-order valence-electron chi connectivity index (χ0n) is 6.12. The van der Waals surface area contributed by atoms with Gasteiger partial charge in [-0.3, -0.25) is 4.79 Å². The molecule has 0 N–H and O–H groups in total. The van der Waals surface area contributed by atoms with Gasteiger partial charge >= 0.3 is 5.37 Å². The van der Waals surface area contributed by atoms with E-state index in [4.69, 9.17) is 11.6 Å². The first-order valence-corrected chi connectivity index (χ1v) is 4.01. The van der Waals surface area contributed by atoms with Crippen LogP contribution in [0.4, 0.5) is 4.79 Å². The van der Waals surface area contributed by atoms with E-state index in [-0.39, 0.29) is 5.92 Å². The molecule has 3 nitrogen and oxygen atoms in total. The number of rotatable bonds is 1. The Kier molecular flexibility index (Phi) is 2.88. The van der Waals surface area contributed by atoms with Gasteiger partial charge in [0.2, 0.25) is 0 Å². The Bertz CT molecular complexity index is 164. The number of carbonyl (C=O) groups is 2. The van der Waals surface area contributed by atoms with Gasteiger partial charge in [0, 0.05) is 19.0 Å². The van der Waals surface area contributed by atoms with Crippen molar-refractivity contribution in [1.29, 1.82) is 0 Å². The van der Waals surface area contributed by atoms with E-state index in [1.165, 1.54) is 0 Å². The van der Waals surface area contributed by atoms with E-state index in [1.54, 1.807) is 4.90 Å². The summed E-state index contributed by atoms with van der Waals surface area (Å²) in [7, 11) is 0. The lowest BCUT2D eigenvalue weighted by atomic mass is 9.99. The van der Waals surface area contributed by atoms with Crippen molar-refractivity contribution in [2.45, 2.75) is 12.8 Å². The second-order valence-electron chi connectivity index (χ2n) is 2.71. The minimum absolute atomic E-state index is 0.127. The molecule has 4 heteroatoms. The Morgan fingerprint density at radius 1 is 1.45 bits per heavy atom. The van der Waals surface area contributed by atoms with E-state index < -0.39 is 5.37 Å². The monoisotopic (exact) mass is 175 g/mol.